The monoisotopic (exact) mass is 362 g/mol. The molecule has 0 aromatic heterocycles. The highest BCUT2D eigenvalue weighted by atomic mass is 79.9. The van der Waals surface area contributed by atoms with Crippen molar-refractivity contribution in [2.45, 2.75) is 32.5 Å². The zero-order valence-electron chi connectivity index (χ0n) is 9.91. The Morgan fingerprint density at radius 3 is 2.65 bits per heavy atom. The summed E-state index contributed by atoms with van der Waals surface area (Å²) in [5.41, 5.74) is 2.09. The van der Waals surface area contributed by atoms with Crippen molar-refractivity contribution in [2.24, 2.45) is 5.92 Å². The van der Waals surface area contributed by atoms with E-state index in [1.54, 1.807) is 0 Å². The Labute approximate surface area is 119 Å². The fourth-order valence-electron chi connectivity index (χ4n) is 2.21. The van der Waals surface area contributed by atoms with E-state index in [4.69, 9.17) is 4.74 Å². The third kappa shape index (κ3) is 2.92. The average Bonchev–Trinajstić information content (AvgIpc) is 2.69. The predicted octanol–water partition coefficient (Wildman–Crippen LogP) is 3.98. The highest BCUT2D eigenvalue weighted by Gasteiger charge is 2.30. The van der Waals surface area contributed by atoms with E-state index in [1.807, 2.05) is 26.0 Å². The van der Waals surface area contributed by atoms with Crippen LogP contribution in [-0.4, -0.2) is 17.8 Å². The van der Waals surface area contributed by atoms with Gasteiger partial charge in [-0.15, -0.1) is 0 Å². The van der Waals surface area contributed by atoms with Crippen LogP contribution >= 0.6 is 31.9 Å². The zero-order valence-corrected chi connectivity index (χ0v) is 13.1. The summed E-state index contributed by atoms with van der Waals surface area (Å²) in [5, 5.41) is 10.4. The molecule has 1 fully saturated rings. The molecule has 1 heterocycles. The fourth-order valence-corrected chi connectivity index (χ4v) is 3.27. The number of benzene rings is 1. The minimum absolute atomic E-state index is 0.191. The van der Waals surface area contributed by atoms with Crippen molar-refractivity contribution in [3.05, 3.63) is 32.2 Å². The molecule has 4 heteroatoms. The van der Waals surface area contributed by atoms with Gasteiger partial charge in [-0.25, -0.2) is 0 Å². The lowest BCUT2D eigenvalue weighted by Crippen LogP contribution is -2.13. The van der Waals surface area contributed by atoms with Gasteiger partial charge in [-0.05, 0) is 43.5 Å². The molecule has 2 rings (SSSR count). The summed E-state index contributed by atoms with van der Waals surface area (Å²) in [6, 6.07) is 4.02. The van der Waals surface area contributed by atoms with E-state index in [1.165, 1.54) is 0 Å². The molecule has 1 aromatic carbocycles. The molecular weight excluding hydrogens is 348 g/mol. The molecule has 1 saturated heterocycles. The Kier molecular flexibility index (Phi) is 4.29. The molecule has 1 aromatic rings. The predicted molar refractivity (Wildman–Crippen MR) is 75.1 cm³/mol. The quantitative estimate of drug-likeness (QED) is 0.861. The Balaban J connectivity index is 2.24. The molecule has 0 bridgehead atoms. The number of aliphatic hydroxyl groups excluding tert-OH is 1. The summed E-state index contributed by atoms with van der Waals surface area (Å²) >= 11 is 7.03. The molecule has 17 heavy (non-hydrogen) atoms. The van der Waals surface area contributed by atoms with Crippen molar-refractivity contribution in [2.75, 3.05) is 6.61 Å². The molecule has 1 aliphatic heterocycles. The number of halogens is 2. The number of hydrogen-bond acceptors (Lipinski definition) is 2. The van der Waals surface area contributed by atoms with Crippen LogP contribution in [0.1, 0.15) is 30.6 Å². The summed E-state index contributed by atoms with van der Waals surface area (Å²) in [7, 11) is 0. The van der Waals surface area contributed by atoms with Crippen LogP contribution in [0.2, 0.25) is 0 Å². The van der Waals surface area contributed by atoms with Gasteiger partial charge in [0.15, 0.2) is 0 Å². The van der Waals surface area contributed by atoms with E-state index in [-0.39, 0.29) is 12.0 Å². The molecule has 0 saturated carbocycles. The first-order valence-electron chi connectivity index (χ1n) is 5.74. The molecule has 3 atom stereocenters. The Hall–Kier alpha value is 0.1000. The normalized spacial score (nSPS) is 26.2. The largest absolute Gasteiger partial charge is 0.388 e. The van der Waals surface area contributed by atoms with Gasteiger partial charge in [-0.2, -0.15) is 0 Å². The number of aliphatic hydroxyl groups is 1. The van der Waals surface area contributed by atoms with Gasteiger partial charge in [0.25, 0.3) is 0 Å². The topological polar surface area (TPSA) is 29.5 Å². The minimum Gasteiger partial charge on any atom is -0.388 e. The molecule has 0 amide bonds. The molecule has 2 nitrogen and oxygen atoms in total. The fraction of sp³-hybridized carbons (Fsp3) is 0.538. The molecule has 1 N–H and O–H groups in total. The third-order valence-corrected chi connectivity index (χ3v) is 4.81. The maximum atomic E-state index is 10.4. The molecule has 1 aliphatic rings. The second-order valence-corrected chi connectivity index (χ2v) is 6.42. The number of hydrogen-bond donors (Lipinski definition) is 1. The van der Waals surface area contributed by atoms with Gasteiger partial charge in [0.1, 0.15) is 0 Å². The van der Waals surface area contributed by atoms with Crippen LogP contribution in [0.25, 0.3) is 0 Å². The van der Waals surface area contributed by atoms with Crippen LogP contribution in [0, 0.1) is 12.8 Å². The van der Waals surface area contributed by atoms with Crippen molar-refractivity contribution in [3.8, 4) is 0 Å². The lowest BCUT2D eigenvalue weighted by molar-refractivity contribution is 0.0800. The molecule has 0 aliphatic carbocycles. The average molecular weight is 364 g/mol. The summed E-state index contributed by atoms with van der Waals surface area (Å²) in [4.78, 5) is 0. The minimum atomic E-state index is -0.466. The van der Waals surface area contributed by atoms with E-state index in [0.717, 1.165) is 26.5 Å². The van der Waals surface area contributed by atoms with Crippen LogP contribution in [0.4, 0.5) is 0 Å². The van der Waals surface area contributed by atoms with E-state index >= 15 is 0 Å². The van der Waals surface area contributed by atoms with Crippen molar-refractivity contribution >= 4 is 31.9 Å². The summed E-state index contributed by atoms with van der Waals surface area (Å²) in [5.74, 6) is 0.191. The second kappa shape index (κ2) is 5.39. The third-order valence-electron chi connectivity index (χ3n) is 3.27. The standard InChI is InChI=1S/C13H16Br2O2/c1-7-3-12(15)10(5-11(7)14)13(16)9-4-8(2)17-6-9/h3,5,8-9,13,16H,4,6H2,1-2H3. The van der Waals surface area contributed by atoms with Gasteiger partial charge in [-0.3, -0.25) is 0 Å². The van der Waals surface area contributed by atoms with Crippen LogP contribution in [-0.2, 0) is 4.74 Å². The number of rotatable bonds is 2. The summed E-state index contributed by atoms with van der Waals surface area (Å²) in [6.45, 7) is 4.72. The van der Waals surface area contributed by atoms with Crippen molar-refractivity contribution < 1.29 is 9.84 Å². The first kappa shape index (κ1) is 13.5. The lowest BCUT2D eigenvalue weighted by Gasteiger charge is -2.19. The van der Waals surface area contributed by atoms with E-state index in [0.29, 0.717) is 6.61 Å². The molecular formula is C13H16Br2O2. The van der Waals surface area contributed by atoms with Crippen molar-refractivity contribution in [1.82, 2.24) is 0 Å². The molecule has 3 unspecified atom stereocenters. The van der Waals surface area contributed by atoms with Gasteiger partial charge in [0, 0.05) is 14.9 Å². The van der Waals surface area contributed by atoms with Crippen LogP contribution in [0.3, 0.4) is 0 Å². The van der Waals surface area contributed by atoms with E-state index in [9.17, 15) is 5.11 Å². The van der Waals surface area contributed by atoms with Gasteiger partial charge in [0.05, 0.1) is 18.8 Å². The van der Waals surface area contributed by atoms with Gasteiger partial charge in [0.2, 0.25) is 0 Å². The van der Waals surface area contributed by atoms with Gasteiger partial charge in [-0.1, -0.05) is 31.9 Å². The van der Waals surface area contributed by atoms with E-state index in [2.05, 4.69) is 31.9 Å². The SMILES string of the molecule is Cc1cc(Br)c(C(O)C2COC(C)C2)cc1Br. The van der Waals surface area contributed by atoms with Crippen molar-refractivity contribution in [1.29, 1.82) is 0 Å². The number of aryl methyl sites for hydroxylation is 1. The highest BCUT2D eigenvalue weighted by Crippen LogP contribution is 2.37. The Morgan fingerprint density at radius 2 is 2.06 bits per heavy atom. The summed E-state index contributed by atoms with van der Waals surface area (Å²) < 4.78 is 7.51. The lowest BCUT2D eigenvalue weighted by atomic mass is 9.93. The summed E-state index contributed by atoms with van der Waals surface area (Å²) in [6.07, 6.45) is 0.701. The molecule has 94 valence electrons. The van der Waals surface area contributed by atoms with Gasteiger partial charge >= 0.3 is 0 Å². The van der Waals surface area contributed by atoms with Crippen molar-refractivity contribution in [3.63, 3.8) is 0 Å². The maximum absolute atomic E-state index is 10.4. The Morgan fingerprint density at radius 1 is 1.35 bits per heavy atom. The second-order valence-electron chi connectivity index (χ2n) is 4.71. The number of ether oxygens (including phenoxy) is 1. The van der Waals surface area contributed by atoms with Crippen LogP contribution in [0.5, 0.6) is 0 Å². The molecule has 0 spiro atoms. The zero-order chi connectivity index (χ0) is 12.6. The smallest absolute Gasteiger partial charge is 0.0852 e. The first-order valence-corrected chi connectivity index (χ1v) is 7.33. The molecule has 0 radical (unpaired) electrons. The first-order chi connectivity index (χ1) is 7.99. The van der Waals surface area contributed by atoms with Gasteiger partial charge < -0.3 is 9.84 Å². The van der Waals surface area contributed by atoms with Crippen LogP contribution in [0.15, 0.2) is 21.1 Å². The maximum Gasteiger partial charge on any atom is 0.0852 e. The van der Waals surface area contributed by atoms with E-state index < -0.39 is 6.10 Å². The Bertz CT molecular complexity index is 420. The highest BCUT2D eigenvalue weighted by molar-refractivity contribution is 9.11. The van der Waals surface area contributed by atoms with Crippen LogP contribution < -0.4 is 0 Å².